The van der Waals surface area contributed by atoms with E-state index in [9.17, 15) is 9.59 Å². The first-order chi connectivity index (χ1) is 7.90. The van der Waals surface area contributed by atoms with Gasteiger partial charge in [0, 0.05) is 24.9 Å². The fraction of sp³-hybridized carbons (Fsp3) is 0.833. The van der Waals surface area contributed by atoms with Gasteiger partial charge >= 0.3 is 5.97 Å². The molecule has 0 heterocycles. The van der Waals surface area contributed by atoms with Crippen LogP contribution in [0.3, 0.4) is 0 Å². The molecular formula is C12H24N2O3. The Balaban J connectivity index is 4.31. The smallest absolute Gasteiger partial charge is 0.303 e. The number of rotatable bonds is 8. The maximum atomic E-state index is 12.1. The van der Waals surface area contributed by atoms with E-state index in [1.54, 1.807) is 4.90 Å². The minimum absolute atomic E-state index is 0.0656. The van der Waals surface area contributed by atoms with Crippen molar-refractivity contribution in [2.24, 2.45) is 11.7 Å². The summed E-state index contributed by atoms with van der Waals surface area (Å²) in [5, 5.41) is 8.58. The number of aliphatic carboxylic acids is 1. The Morgan fingerprint density at radius 3 is 2.29 bits per heavy atom. The van der Waals surface area contributed by atoms with Gasteiger partial charge in [-0.05, 0) is 33.2 Å². The van der Waals surface area contributed by atoms with Crippen LogP contribution >= 0.6 is 0 Å². The van der Waals surface area contributed by atoms with Crippen LogP contribution in [-0.2, 0) is 9.59 Å². The highest BCUT2D eigenvalue weighted by molar-refractivity contribution is 5.78. The molecule has 0 aliphatic heterocycles. The van der Waals surface area contributed by atoms with E-state index < -0.39 is 5.97 Å². The summed E-state index contributed by atoms with van der Waals surface area (Å²) in [7, 11) is 0. The van der Waals surface area contributed by atoms with Gasteiger partial charge in [0.25, 0.3) is 0 Å². The van der Waals surface area contributed by atoms with Gasteiger partial charge in [0.15, 0.2) is 0 Å². The fourth-order valence-electron chi connectivity index (χ4n) is 1.68. The minimum Gasteiger partial charge on any atom is -0.481 e. The molecule has 0 saturated carbocycles. The van der Waals surface area contributed by atoms with E-state index in [2.05, 4.69) is 0 Å². The molecule has 0 aromatic carbocycles. The Morgan fingerprint density at radius 1 is 1.29 bits per heavy atom. The van der Waals surface area contributed by atoms with Crippen LogP contribution in [0.1, 0.15) is 40.0 Å². The van der Waals surface area contributed by atoms with Crippen molar-refractivity contribution in [1.29, 1.82) is 0 Å². The van der Waals surface area contributed by atoms with E-state index in [0.29, 0.717) is 25.9 Å². The molecule has 0 aliphatic rings. The van der Waals surface area contributed by atoms with Crippen LogP contribution < -0.4 is 5.73 Å². The van der Waals surface area contributed by atoms with Gasteiger partial charge in [0.05, 0.1) is 0 Å². The Labute approximate surface area is 103 Å². The maximum Gasteiger partial charge on any atom is 0.303 e. The highest BCUT2D eigenvalue weighted by Gasteiger charge is 2.21. The average Bonchev–Trinajstić information content (AvgIpc) is 2.23. The summed E-state index contributed by atoms with van der Waals surface area (Å²) in [5.74, 6) is -0.848. The van der Waals surface area contributed by atoms with E-state index in [1.807, 2.05) is 20.8 Å². The second-order valence-corrected chi connectivity index (χ2v) is 4.60. The molecule has 0 spiro atoms. The molecule has 1 amide bonds. The Bertz CT molecular complexity index is 254. The minimum atomic E-state index is -0.823. The van der Waals surface area contributed by atoms with Crippen molar-refractivity contribution in [3.8, 4) is 0 Å². The Morgan fingerprint density at radius 2 is 1.88 bits per heavy atom. The average molecular weight is 244 g/mol. The standard InChI is InChI=1S/C12H24N2O3/c1-9(2)14(8-4-5-11(15)16)12(17)10(3)6-7-13/h9-10H,4-8,13H2,1-3H3,(H,15,16). The molecule has 5 nitrogen and oxygen atoms in total. The quantitative estimate of drug-likeness (QED) is 0.669. The van der Waals surface area contributed by atoms with Gasteiger partial charge in [0.2, 0.25) is 5.91 Å². The van der Waals surface area contributed by atoms with Crippen molar-refractivity contribution in [1.82, 2.24) is 4.90 Å². The lowest BCUT2D eigenvalue weighted by molar-refractivity contribution is -0.140. The van der Waals surface area contributed by atoms with Crippen molar-refractivity contribution in [2.45, 2.75) is 46.1 Å². The molecule has 0 rings (SSSR count). The fourth-order valence-corrected chi connectivity index (χ4v) is 1.68. The second kappa shape index (κ2) is 8.06. The molecule has 5 heteroatoms. The SMILES string of the molecule is CC(CCN)C(=O)N(CCCC(=O)O)C(C)C. The van der Waals surface area contributed by atoms with E-state index in [1.165, 1.54) is 0 Å². The first-order valence-corrected chi connectivity index (χ1v) is 6.12. The van der Waals surface area contributed by atoms with E-state index in [-0.39, 0.29) is 24.3 Å². The highest BCUT2D eigenvalue weighted by atomic mass is 16.4. The molecular weight excluding hydrogens is 220 g/mol. The zero-order chi connectivity index (χ0) is 13.4. The third-order valence-electron chi connectivity index (χ3n) is 2.72. The summed E-state index contributed by atoms with van der Waals surface area (Å²) in [4.78, 5) is 24.2. The molecule has 3 N–H and O–H groups in total. The summed E-state index contributed by atoms with van der Waals surface area (Å²) in [6.07, 6.45) is 1.26. The van der Waals surface area contributed by atoms with Crippen LogP contribution in [0.25, 0.3) is 0 Å². The van der Waals surface area contributed by atoms with E-state index >= 15 is 0 Å². The van der Waals surface area contributed by atoms with Crippen molar-refractivity contribution in [3.63, 3.8) is 0 Å². The molecule has 17 heavy (non-hydrogen) atoms. The number of carbonyl (C=O) groups is 2. The number of hydrogen-bond acceptors (Lipinski definition) is 3. The van der Waals surface area contributed by atoms with Crippen molar-refractivity contribution in [2.75, 3.05) is 13.1 Å². The van der Waals surface area contributed by atoms with Gasteiger partial charge in [-0.3, -0.25) is 9.59 Å². The maximum absolute atomic E-state index is 12.1. The van der Waals surface area contributed by atoms with Gasteiger partial charge in [-0.2, -0.15) is 0 Å². The number of carboxylic acid groups (broad SMARTS) is 1. The first-order valence-electron chi connectivity index (χ1n) is 6.12. The molecule has 100 valence electrons. The summed E-state index contributed by atoms with van der Waals surface area (Å²) in [6, 6.07) is 0.0940. The molecule has 0 fully saturated rings. The lowest BCUT2D eigenvalue weighted by Gasteiger charge is -2.29. The van der Waals surface area contributed by atoms with Gasteiger partial charge in [-0.25, -0.2) is 0 Å². The van der Waals surface area contributed by atoms with E-state index in [4.69, 9.17) is 10.8 Å². The van der Waals surface area contributed by atoms with Crippen molar-refractivity contribution >= 4 is 11.9 Å². The van der Waals surface area contributed by atoms with Crippen LogP contribution in [0.15, 0.2) is 0 Å². The van der Waals surface area contributed by atoms with Crippen molar-refractivity contribution in [3.05, 3.63) is 0 Å². The number of nitrogens with zero attached hydrogens (tertiary/aromatic N) is 1. The number of nitrogens with two attached hydrogens (primary N) is 1. The third-order valence-corrected chi connectivity index (χ3v) is 2.72. The molecule has 0 aromatic heterocycles. The largest absolute Gasteiger partial charge is 0.481 e. The van der Waals surface area contributed by atoms with Gasteiger partial charge < -0.3 is 15.7 Å². The van der Waals surface area contributed by atoms with Crippen LogP contribution in [0.5, 0.6) is 0 Å². The van der Waals surface area contributed by atoms with Gasteiger partial charge in [-0.1, -0.05) is 6.92 Å². The number of carbonyl (C=O) groups excluding carboxylic acids is 1. The zero-order valence-corrected chi connectivity index (χ0v) is 11.0. The molecule has 0 bridgehead atoms. The summed E-state index contributed by atoms with van der Waals surface area (Å²) in [6.45, 7) is 6.73. The molecule has 0 aromatic rings. The monoisotopic (exact) mass is 244 g/mol. The van der Waals surface area contributed by atoms with Crippen LogP contribution in [0, 0.1) is 5.92 Å². The number of amides is 1. The molecule has 0 radical (unpaired) electrons. The topological polar surface area (TPSA) is 83.6 Å². The highest BCUT2D eigenvalue weighted by Crippen LogP contribution is 2.11. The predicted octanol–water partition coefficient (Wildman–Crippen LogP) is 1.07. The summed E-state index contributed by atoms with van der Waals surface area (Å²) >= 11 is 0. The van der Waals surface area contributed by atoms with Crippen molar-refractivity contribution < 1.29 is 14.7 Å². The van der Waals surface area contributed by atoms with Crippen LogP contribution in [-0.4, -0.2) is 41.0 Å². The predicted molar refractivity (Wildman–Crippen MR) is 66.6 cm³/mol. The van der Waals surface area contributed by atoms with E-state index in [0.717, 1.165) is 0 Å². The molecule has 0 aliphatic carbocycles. The Hall–Kier alpha value is -1.10. The Kier molecular flexibility index (Phi) is 7.54. The van der Waals surface area contributed by atoms with Crippen LogP contribution in [0.2, 0.25) is 0 Å². The molecule has 1 atom stereocenters. The summed E-state index contributed by atoms with van der Waals surface area (Å²) in [5.41, 5.74) is 5.43. The molecule has 1 unspecified atom stereocenters. The molecule has 0 saturated heterocycles. The van der Waals surface area contributed by atoms with Gasteiger partial charge in [-0.15, -0.1) is 0 Å². The van der Waals surface area contributed by atoms with Gasteiger partial charge in [0.1, 0.15) is 0 Å². The first kappa shape index (κ1) is 15.9. The normalized spacial score (nSPS) is 12.5. The summed E-state index contributed by atoms with van der Waals surface area (Å²) < 4.78 is 0. The third kappa shape index (κ3) is 6.26. The zero-order valence-electron chi connectivity index (χ0n) is 11.0. The van der Waals surface area contributed by atoms with Crippen LogP contribution in [0.4, 0.5) is 0 Å². The number of carboxylic acids is 1. The lowest BCUT2D eigenvalue weighted by atomic mass is 10.1. The number of hydrogen-bond donors (Lipinski definition) is 2. The second-order valence-electron chi connectivity index (χ2n) is 4.60. The lowest BCUT2D eigenvalue weighted by Crippen LogP contribution is -2.41.